The Bertz CT molecular complexity index is 943. The number of nitrogens with one attached hydrogen (secondary N) is 2. The third-order valence-corrected chi connectivity index (χ3v) is 5.54. The van der Waals surface area contributed by atoms with Crippen LogP contribution in [0.5, 0.6) is 0 Å². The first kappa shape index (κ1) is 22.2. The number of primary amides is 1. The second-order valence-corrected chi connectivity index (χ2v) is 7.72. The summed E-state index contributed by atoms with van der Waals surface area (Å²) in [6, 6.07) is 5.73. The van der Waals surface area contributed by atoms with Gasteiger partial charge in [-0.1, -0.05) is 17.7 Å². The Kier molecular flexibility index (Phi) is 6.42. The smallest absolute Gasteiger partial charge is 0.265 e. The summed E-state index contributed by atoms with van der Waals surface area (Å²) in [6.07, 6.45) is 0.503. The van der Waals surface area contributed by atoms with Gasteiger partial charge < -0.3 is 21.3 Å². The first-order valence-corrected chi connectivity index (χ1v) is 9.82. The van der Waals surface area contributed by atoms with Crippen LogP contribution in [0.15, 0.2) is 30.3 Å². The number of carbonyl (C=O) groups excluding carboxylic acids is 1. The molecule has 2 unspecified atom stereocenters. The molecular weight excluding hydrogens is 419 g/mol. The molecule has 1 aromatic heterocycles. The van der Waals surface area contributed by atoms with E-state index in [0.717, 1.165) is 6.07 Å². The van der Waals surface area contributed by atoms with E-state index in [2.05, 4.69) is 15.6 Å². The van der Waals surface area contributed by atoms with Gasteiger partial charge in [0.25, 0.3) is 11.8 Å². The van der Waals surface area contributed by atoms with Gasteiger partial charge >= 0.3 is 0 Å². The third kappa shape index (κ3) is 4.46. The second kappa shape index (κ2) is 8.69. The van der Waals surface area contributed by atoms with E-state index < -0.39 is 29.7 Å². The van der Waals surface area contributed by atoms with Crippen LogP contribution in [0.3, 0.4) is 0 Å². The Hall–Kier alpha value is -2.52. The number of alkyl halides is 2. The molecule has 3 rings (SSSR count). The summed E-state index contributed by atoms with van der Waals surface area (Å²) in [7, 11) is 2.96. The lowest BCUT2D eigenvalue weighted by molar-refractivity contribution is -0.0685. The molecular formula is C20H23ClF3N5O. The van der Waals surface area contributed by atoms with Crippen molar-refractivity contribution in [3.63, 3.8) is 0 Å². The molecule has 2 atom stereocenters. The SMILES string of the molecule is CNC1C(N(C)c2nc(Nc3cccc(Cl)c3)c(C(N)=O)cc2F)CCCC1(F)F. The summed E-state index contributed by atoms with van der Waals surface area (Å²) in [5.41, 5.74) is 5.73. The number of aromatic nitrogens is 1. The molecule has 0 radical (unpaired) electrons. The van der Waals surface area contributed by atoms with Gasteiger partial charge in [0.1, 0.15) is 5.82 Å². The minimum Gasteiger partial charge on any atom is -0.365 e. The van der Waals surface area contributed by atoms with E-state index in [-0.39, 0.29) is 23.6 Å². The monoisotopic (exact) mass is 441 g/mol. The Labute approximate surface area is 177 Å². The van der Waals surface area contributed by atoms with Crippen LogP contribution < -0.4 is 21.3 Å². The number of benzene rings is 1. The number of likely N-dealkylation sites (N-methyl/N-ethyl adjacent to an activating group) is 2. The fraction of sp³-hybridized carbons (Fsp3) is 0.400. The molecule has 1 aliphatic carbocycles. The minimum absolute atomic E-state index is 0.0107. The number of rotatable bonds is 6. The van der Waals surface area contributed by atoms with E-state index in [4.69, 9.17) is 17.3 Å². The average molecular weight is 442 g/mol. The molecule has 0 bridgehead atoms. The normalized spacial score (nSPS) is 20.6. The quantitative estimate of drug-likeness (QED) is 0.632. The Morgan fingerprint density at radius 3 is 2.73 bits per heavy atom. The lowest BCUT2D eigenvalue weighted by Gasteiger charge is -2.42. The summed E-state index contributed by atoms with van der Waals surface area (Å²) in [5, 5.41) is 6.01. The van der Waals surface area contributed by atoms with Crippen molar-refractivity contribution in [2.75, 3.05) is 24.3 Å². The van der Waals surface area contributed by atoms with Gasteiger partial charge in [0, 0.05) is 24.2 Å². The zero-order valence-electron chi connectivity index (χ0n) is 16.6. The van der Waals surface area contributed by atoms with Crippen molar-refractivity contribution in [2.24, 2.45) is 5.73 Å². The lowest BCUT2D eigenvalue weighted by atomic mass is 9.86. The van der Waals surface area contributed by atoms with Gasteiger partial charge in [0.2, 0.25) is 0 Å². The Morgan fingerprint density at radius 2 is 2.10 bits per heavy atom. The van der Waals surface area contributed by atoms with Crippen LogP contribution in [-0.2, 0) is 0 Å². The highest BCUT2D eigenvalue weighted by atomic mass is 35.5. The highest BCUT2D eigenvalue weighted by molar-refractivity contribution is 6.30. The first-order chi connectivity index (χ1) is 14.1. The van der Waals surface area contributed by atoms with E-state index in [1.54, 1.807) is 24.3 Å². The van der Waals surface area contributed by atoms with Crippen LogP contribution in [0, 0.1) is 5.82 Å². The molecule has 0 spiro atoms. The fourth-order valence-corrected chi connectivity index (χ4v) is 4.03. The van der Waals surface area contributed by atoms with Crippen LogP contribution in [0.2, 0.25) is 5.02 Å². The molecule has 6 nitrogen and oxygen atoms in total. The predicted molar refractivity (Wildman–Crippen MR) is 111 cm³/mol. The highest BCUT2D eigenvalue weighted by Gasteiger charge is 2.48. The van der Waals surface area contributed by atoms with E-state index >= 15 is 0 Å². The molecule has 30 heavy (non-hydrogen) atoms. The second-order valence-electron chi connectivity index (χ2n) is 7.29. The molecule has 10 heteroatoms. The van der Waals surface area contributed by atoms with Crippen molar-refractivity contribution < 1.29 is 18.0 Å². The van der Waals surface area contributed by atoms with Crippen LogP contribution in [0.4, 0.5) is 30.5 Å². The number of nitrogens with two attached hydrogens (primary N) is 1. The standard InChI is InChI=1S/C20H23ClF3N5O/c1-26-16-15(7-4-8-20(16,23)24)29(2)19-14(22)10-13(17(25)30)18(28-19)27-12-6-3-5-11(21)9-12/h3,5-6,9-10,15-16,26H,4,7-8H2,1-2H3,(H2,25,30)(H,27,28). The molecule has 2 aromatic rings. The van der Waals surface area contributed by atoms with Gasteiger partial charge in [-0.2, -0.15) is 0 Å². The zero-order chi connectivity index (χ0) is 22.1. The van der Waals surface area contributed by atoms with Crippen LogP contribution in [-0.4, -0.2) is 43.0 Å². The molecule has 4 N–H and O–H groups in total. The van der Waals surface area contributed by atoms with E-state index in [9.17, 15) is 18.0 Å². The number of pyridine rings is 1. The van der Waals surface area contributed by atoms with Crippen molar-refractivity contribution in [2.45, 2.75) is 37.3 Å². The summed E-state index contributed by atoms with van der Waals surface area (Å²) in [5.74, 6) is -4.79. The van der Waals surface area contributed by atoms with Gasteiger partial charge in [0.15, 0.2) is 11.6 Å². The van der Waals surface area contributed by atoms with Crippen LogP contribution in [0.1, 0.15) is 29.6 Å². The van der Waals surface area contributed by atoms with Gasteiger partial charge in [-0.05, 0) is 44.2 Å². The van der Waals surface area contributed by atoms with Crippen LogP contribution in [0.25, 0.3) is 0 Å². The van der Waals surface area contributed by atoms with Crippen molar-refractivity contribution in [1.82, 2.24) is 10.3 Å². The van der Waals surface area contributed by atoms with Crippen LogP contribution >= 0.6 is 11.6 Å². The number of halogens is 4. The molecule has 1 heterocycles. The molecule has 162 valence electrons. The van der Waals surface area contributed by atoms with Gasteiger partial charge in [0.05, 0.1) is 17.6 Å². The molecule has 0 saturated heterocycles. The minimum atomic E-state index is -2.93. The van der Waals surface area contributed by atoms with E-state index in [1.807, 2.05) is 0 Å². The molecule has 1 amide bonds. The van der Waals surface area contributed by atoms with Gasteiger partial charge in [-0.3, -0.25) is 4.79 Å². The molecule has 1 aliphatic rings. The summed E-state index contributed by atoms with van der Waals surface area (Å²) in [6.45, 7) is 0. The van der Waals surface area contributed by atoms with Gasteiger partial charge in [-0.15, -0.1) is 0 Å². The first-order valence-electron chi connectivity index (χ1n) is 9.45. The Balaban J connectivity index is 2.01. The third-order valence-electron chi connectivity index (χ3n) is 5.30. The number of hydrogen-bond donors (Lipinski definition) is 3. The largest absolute Gasteiger partial charge is 0.365 e. The topological polar surface area (TPSA) is 83.3 Å². The zero-order valence-corrected chi connectivity index (χ0v) is 17.3. The van der Waals surface area contributed by atoms with Crippen molar-refractivity contribution in [3.05, 3.63) is 46.7 Å². The summed E-state index contributed by atoms with van der Waals surface area (Å²) >= 11 is 5.98. The lowest BCUT2D eigenvalue weighted by Crippen LogP contribution is -2.59. The van der Waals surface area contributed by atoms with Gasteiger partial charge in [-0.25, -0.2) is 18.2 Å². The Morgan fingerprint density at radius 1 is 1.37 bits per heavy atom. The molecule has 1 aromatic carbocycles. The molecule has 1 fully saturated rings. The molecule has 0 aliphatic heterocycles. The highest BCUT2D eigenvalue weighted by Crippen LogP contribution is 2.37. The maximum Gasteiger partial charge on any atom is 0.265 e. The number of nitrogens with zero attached hydrogens (tertiary/aromatic N) is 2. The predicted octanol–water partition coefficient (Wildman–Crippen LogP) is 3.93. The van der Waals surface area contributed by atoms with E-state index in [0.29, 0.717) is 23.6 Å². The molecule has 1 saturated carbocycles. The van der Waals surface area contributed by atoms with E-state index in [1.165, 1.54) is 19.0 Å². The number of hydrogen-bond acceptors (Lipinski definition) is 5. The fourth-order valence-electron chi connectivity index (χ4n) is 3.84. The summed E-state index contributed by atoms with van der Waals surface area (Å²) < 4.78 is 43.6. The maximum atomic E-state index is 14.9. The number of carbonyl (C=O) groups is 1. The number of amides is 1. The average Bonchev–Trinajstić information content (AvgIpc) is 2.67. The summed E-state index contributed by atoms with van der Waals surface area (Å²) in [4.78, 5) is 17.4. The van der Waals surface area contributed by atoms with Crippen molar-refractivity contribution in [1.29, 1.82) is 0 Å². The number of anilines is 3. The maximum absolute atomic E-state index is 14.9. The van der Waals surface area contributed by atoms with Crippen molar-refractivity contribution in [3.8, 4) is 0 Å². The van der Waals surface area contributed by atoms with Crippen molar-refractivity contribution >= 4 is 34.8 Å².